The lowest BCUT2D eigenvalue weighted by atomic mass is 9.82. The first kappa shape index (κ1) is 16.4. The quantitative estimate of drug-likeness (QED) is 0.893. The highest BCUT2D eigenvalue weighted by molar-refractivity contribution is 5.26. The Labute approximate surface area is 128 Å². The predicted octanol–water partition coefficient (Wildman–Crippen LogP) is 3.73. The zero-order chi connectivity index (χ0) is 15.8. The number of halogens is 1. The fourth-order valence-electron chi connectivity index (χ4n) is 2.92. The van der Waals surface area contributed by atoms with Crippen molar-refractivity contribution in [1.82, 2.24) is 10.2 Å². The maximum atomic E-state index is 13.3. The number of benzene rings is 1. The summed E-state index contributed by atoms with van der Waals surface area (Å²) < 4.78 is 13.3. The normalized spacial score (nSPS) is 23.3. The lowest BCUT2D eigenvalue weighted by molar-refractivity contribution is 0.0294. The summed E-state index contributed by atoms with van der Waals surface area (Å²) >= 11 is 0. The summed E-state index contributed by atoms with van der Waals surface area (Å²) in [5.41, 5.74) is 2.62. The largest absolute Gasteiger partial charge is 0.310 e. The Hall–Kier alpha value is -0.930. The molecule has 118 valence electrons. The van der Waals surface area contributed by atoms with E-state index in [1.54, 1.807) is 12.1 Å². The summed E-state index contributed by atoms with van der Waals surface area (Å²) in [5.74, 6) is -0.150. The van der Waals surface area contributed by atoms with E-state index >= 15 is 0 Å². The van der Waals surface area contributed by atoms with Gasteiger partial charge in [0.1, 0.15) is 5.82 Å². The number of aryl methyl sites for hydroxylation is 1. The van der Waals surface area contributed by atoms with Crippen LogP contribution in [0.25, 0.3) is 0 Å². The molecule has 1 N–H and O–H groups in total. The second-order valence-electron chi connectivity index (χ2n) is 8.06. The van der Waals surface area contributed by atoms with Crippen molar-refractivity contribution in [1.29, 1.82) is 0 Å². The molecule has 1 atom stereocenters. The highest BCUT2D eigenvalue weighted by atomic mass is 19.1. The number of hydrogen-bond acceptors (Lipinski definition) is 2. The van der Waals surface area contributed by atoms with E-state index in [2.05, 4.69) is 44.8 Å². The van der Waals surface area contributed by atoms with Crippen LogP contribution in [0, 0.1) is 18.2 Å². The summed E-state index contributed by atoms with van der Waals surface area (Å²) in [6.45, 7) is 16.3. The van der Waals surface area contributed by atoms with Crippen molar-refractivity contribution in [2.24, 2.45) is 5.41 Å². The van der Waals surface area contributed by atoms with Crippen molar-refractivity contribution in [2.75, 3.05) is 13.1 Å². The Balaban J connectivity index is 2.18. The van der Waals surface area contributed by atoms with Gasteiger partial charge in [-0.2, -0.15) is 0 Å². The molecule has 0 radical (unpaired) electrons. The number of nitrogens with zero attached hydrogens (tertiary/aromatic N) is 1. The van der Waals surface area contributed by atoms with Crippen molar-refractivity contribution in [3.8, 4) is 0 Å². The van der Waals surface area contributed by atoms with Crippen molar-refractivity contribution in [3.63, 3.8) is 0 Å². The van der Waals surface area contributed by atoms with Crippen LogP contribution in [0.4, 0.5) is 4.39 Å². The third-order valence-corrected chi connectivity index (χ3v) is 4.75. The van der Waals surface area contributed by atoms with Gasteiger partial charge in [-0.15, -0.1) is 0 Å². The van der Waals surface area contributed by atoms with Gasteiger partial charge in [0.2, 0.25) is 0 Å². The SMILES string of the molecule is Cc1cc(F)ccc1CN1CC(C(C)(C)C)NCC1(C)C. The van der Waals surface area contributed by atoms with Crippen molar-refractivity contribution < 1.29 is 4.39 Å². The average Bonchev–Trinajstić information content (AvgIpc) is 2.33. The fraction of sp³-hybridized carbons (Fsp3) is 0.667. The highest BCUT2D eigenvalue weighted by Gasteiger charge is 2.38. The van der Waals surface area contributed by atoms with Gasteiger partial charge in [0, 0.05) is 31.2 Å². The van der Waals surface area contributed by atoms with Crippen LogP contribution in [-0.4, -0.2) is 29.6 Å². The topological polar surface area (TPSA) is 15.3 Å². The Kier molecular flexibility index (Phi) is 4.46. The molecule has 0 spiro atoms. The molecule has 2 rings (SSSR count). The first-order valence-corrected chi connectivity index (χ1v) is 7.83. The van der Waals surface area contributed by atoms with Crippen LogP contribution in [-0.2, 0) is 6.54 Å². The zero-order valence-corrected chi connectivity index (χ0v) is 14.3. The molecule has 2 nitrogen and oxygen atoms in total. The van der Waals surface area contributed by atoms with Crippen molar-refractivity contribution in [3.05, 3.63) is 35.1 Å². The lowest BCUT2D eigenvalue weighted by Crippen LogP contribution is -2.64. The molecule has 0 aliphatic carbocycles. The number of hydrogen-bond donors (Lipinski definition) is 1. The molecule has 0 bridgehead atoms. The number of nitrogens with one attached hydrogen (secondary N) is 1. The van der Waals surface area contributed by atoms with Crippen LogP contribution < -0.4 is 5.32 Å². The molecule has 1 aliphatic heterocycles. The molecule has 1 heterocycles. The highest BCUT2D eigenvalue weighted by Crippen LogP contribution is 2.29. The maximum Gasteiger partial charge on any atom is 0.123 e. The standard InChI is InChI=1S/C18H29FN2/c1-13-9-15(19)8-7-14(13)10-21-11-16(17(2,3)4)20-12-18(21,5)6/h7-9,16,20H,10-12H2,1-6H3. The number of piperazine rings is 1. The van der Waals surface area contributed by atoms with E-state index in [0.717, 1.165) is 25.2 Å². The molecule has 1 aromatic carbocycles. The summed E-state index contributed by atoms with van der Waals surface area (Å²) in [6, 6.07) is 5.60. The Bertz CT molecular complexity index is 502. The van der Waals surface area contributed by atoms with E-state index < -0.39 is 0 Å². The second kappa shape index (κ2) is 5.69. The van der Waals surface area contributed by atoms with Gasteiger partial charge in [-0.25, -0.2) is 4.39 Å². The van der Waals surface area contributed by atoms with Gasteiger partial charge in [0.25, 0.3) is 0 Å². The van der Waals surface area contributed by atoms with Gasteiger partial charge in [0.05, 0.1) is 0 Å². The molecule has 1 aromatic rings. The molecular formula is C18H29FN2. The van der Waals surface area contributed by atoms with Crippen LogP contribution in [0.15, 0.2) is 18.2 Å². The average molecular weight is 292 g/mol. The van der Waals surface area contributed by atoms with Gasteiger partial charge in [-0.1, -0.05) is 26.8 Å². The van der Waals surface area contributed by atoms with Crippen molar-refractivity contribution >= 4 is 0 Å². The summed E-state index contributed by atoms with van der Waals surface area (Å²) in [5, 5.41) is 3.69. The molecule has 0 saturated carbocycles. The van der Waals surface area contributed by atoms with E-state index in [9.17, 15) is 4.39 Å². The van der Waals surface area contributed by atoms with E-state index in [1.165, 1.54) is 5.56 Å². The van der Waals surface area contributed by atoms with Crippen LogP contribution in [0.3, 0.4) is 0 Å². The molecule has 0 aromatic heterocycles. The zero-order valence-electron chi connectivity index (χ0n) is 14.3. The predicted molar refractivity (Wildman–Crippen MR) is 86.9 cm³/mol. The Morgan fingerprint density at radius 3 is 2.57 bits per heavy atom. The minimum absolute atomic E-state index is 0.114. The van der Waals surface area contributed by atoms with E-state index in [4.69, 9.17) is 0 Å². The van der Waals surface area contributed by atoms with E-state index in [-0.39, 0.29) is 16.8 Å². The third-order valence-electron chi connectivity index (χ3n) is 4.75. The van der Waals surface area contributed by atoms with Gasteiger partial charge >= 0.3 is 0 Å². The van der Waals surface area contributed by atoms with Gasteiger partial charge in [0.15, 0.2) is 0 Å². The lowest BCUT2D eigenvalue weighted by Gasteiger charge is -2.49. The third kappa shape index (κ3) is 3.83. The smallest absolute Gasteiger partial charge is 0.123 e. The second-order valence-corrected chi connectivity index (χ2v) is 8.06. The molecule has 1 unspecified atom stereocenters. The van der Waals surface area contributed by atoms with Crippen LogP contribution in [0.1, 0.15) is 45.7 Å². The molecule has 3 heteroatoms. The molecular weight excluding hydrogens is 263 g/mol. The summed E-state index contributed by atoms with van der Waals surface area (Å²) in [4.78, 5) is 2.53. The maximum absolute atomic E-state index is 13.3. The summed E-state index contributed by atoms with van der Waals surface area (Å²) in [6.07, 6.45) is 0. The van der Waals surface area contributed by atoms with Crippen LogP contribution >= 0.6 is 0 Å². The minimum atomic E-state index is -0.150. The first-order chi connectivity index (χ1) is 9.59. The molecule has 1 aliphatic rings. The summed E-state index contributed by atoms with van der Waals surface area (Å²) in [7, 11) is 0. The van der Waals surface area contributed by atoms with Crippen LogP contribution in [0.5, 0.6) is 0 Å². The number of rotatable bonds is 2. The van der Waals surface area contributed by atoms with E-state index in [1.807, 2.05) is 13.0 Å². The molecule has 1 saturated heterocycles. The monoisotopic (exact) mass is 292 g/mol. The minimum Gasteiger partial charge on any atom is -0.310 e. The fourth-order valence-corrected chi connectivity index (χ4v) is 2.92. The van der Waals surface area contributed by atoms with Gasteiger partial charge < -0.3 is 5.32 Å². The molecule has 21 heavy (non-hydrogen) atoms. The molecule has 0 amide bonds. The van der Waals surface area contributed by atoms with E-state index in [0.29, 0.717) is 6.04 Å². The van der Waals surface area contributed by atoms with Gasteiger partial charge in [-0.3, -0.25) is 4.90 Å². The van der Waals surface area contributed by atoms with Gasteiger partial charge in [-0.05, 0) is 49.4 Å². The first-order valence-electron chi connectivity index (χ1n) is 7.83. The van der Waals surface area contributed by atoms with Crippen LogP contribution in [0.2, 0.25) is 0 Å². The molecule has 1 fully saturated rings. The van der Waals surface area contributed by atoms with Crippen molar-refractivity contribution in [2.45, 2.75) is 59.7 Å². The Morgan fingerprint density at radius 1 is 1.33 bits per heavy atom. The Morgan fingerprint density at radius 2 is 2.00 bits per heavy atom.